The fourth-order valence-corrected chi connectivity index (χ4v) is 6.53. The zero-order chi connectivity index (χ0) is 14.2. The lowest BCUT2D eigenvalue weighted by atomic mass is 9.48. The summed E-state index contributed by atoms with van der Waals surface area (Å²) in [6.07, 6.45) is 6.69. The van der Waals surface area contributed by atoms with Gasteiger partial charge in [0, 0.05) is 11.8 Å². The summed E-state index contributed by atoms with van der Waals surface area (Å²) in [6, 6.07) is 0. The maximum atomic E-state index is 12.8. The van der Waals surface area contributed by atoms with Gasteiger partial charge < -0.3 is 9.47 Å². The summed E-state index contributed by atoms with van der Waals surface area (Å²) in [7, 11) is 0. The van der Waals surface area contributed by atoms with Gasteiger partial charge in [-0.1, -0.05) is 0 Å². The fourth-order valence-electron chi connectivity index (χ4n) is 6.53. The molecule has 0 aromatic rings. The molecule has 0 amide bonds. The number of Topliss-reactive ketones (excluding diaryl/α,β-unsaturated/α-hetero) is 1. The van der Waals surface area contributed by atoms with Crippen LogP contribution in [0, 0.1) is 28.6 Å². The van der Waals surface area contributed by atoms with E-state index in [0.29, 0.717) is 24.9 Å². The van der Waals surface area contributed by atoms with Gasteiger partial charge in [-0.05, 0) is 56.3 Å². The molecule has 0 aromatic carbocycles. The van der Waals surface area contributed by atoms with Crippen LogP contribution in [-0.2, 0) is 19.1 Å². The lowest BCUT2D eigenvalue weighted by Crippen LogP contribution is -2.65. The largest absolute Gasteiger partial charge is 0.461 e. The molecule has 4 nitrogen and oxygen atoms in total. The molecule has 3 aliphatic carbocycles. The van der Waals surface area contributed by atoms with Gasteiger partial charge in [-0.3, -0.25) is 9.59 Å². The topological polar surface area (TPSA) is 52.6 Å². The Morgan fingerprint density at radius 2 is 2.00 bits per heavy atom. The van der Waals surface area contributed by atoms with Crippen LogP contribution in [0.1, 0.15) is 44.9 Å². The summed E-state index contributed by atoms with van der Waals surface area (Å²) in [5.74, 6) is 1.05. The van der Waals surface area contributed by atoms with Crippen LogP contribution >= 0.6 is 0 Å². The first-order chi connectivity index (χ1) is 10.2. The van der Waals surface area contributed by atoms with Crippen LogP contribution < -0.4 is 0 Å². The molecule has 5 fully saturated rings. The molecule has 2 heterocycles. The van der Waals surface area contributed by atoms with Gasteiger partial charge in [0.25, 0.3) is 0 Å². The van der Waals surface area contributed by atoms with Gasteiger partial charge in [-0.2, -0.15) is 0 Å². The third kappa shape index (κ3) is 1.28. The van der Waals surface area contributed by atoms with E-state index in [1.807, 2.05) is 0 Å². The summed E-state index contributed by atoms with van der Waals surface area (Å²) < 4.78 is 11.8. The van der Waals surface area contributed by atoms with Crippen LogP contribution in [0.25, 0.3) is 0 Å². The van der Waals surface area contributed by atoms with Crippen LogP contribution in [0.3, 0.4) is 0 Å². The van der Waals surface area contributed by atoms with Crippen molar-refractivity contribution < 1.29 is 19.1 Å². The van der Waals surface area contributed by atoms with Gasteiger partial charge in [0.05, 0.1) is 13.2 Å². The van der Waals surface area contributed by atoms with E-state index in [-0.39, 0.29) is 29.2 Å². The quantitative estimate of drug-likeness (QED) is 0.506. The minimum absolute atomic E-state index is 0.00757. The number of carbonyl (C=O) groups is 2. The van der Waals surface area contributed by atoms with Crippen LogP contribution in [0.5, 0.6) is 0 Å². The number of hydrogen-bond donors (Lipinski definition) is 0. The average molecular weight is 290 g/mol. The zero-order valence-electron chi connectivity index (χ0n) is 12.3. The Morgan fingerprint density at radius 1 is 1.10 bits per heavy atom. The Morgan fingerprint density at radius 3 is 2.90 bits per heavy atom. The van der Waals surface area contributed by atoms with Crippen molar-refractivity contribution in [1.29, 1.82) is 0 Å². The molecule has 6 unspecified atom stereocenters. The first kappa shape index (κ1) is 12.6. The number of rotatable bonds is 0. The number of hydrogen-bond acceptors (Lipinski definition) is 4. The second kappa shape index (κ2) is 3.89. The van der Waals surface area contributed by atoms with E-state index in [0.717, 1.165) is 45.1 Å². The van der Waals surface area contributed by atoms with Crippen LogP contribution in [0.15, 0.2) is 0 Å². The summed E-state index contributed by atoms with van der Waals surface area (Å²) in [5, 5.41) is 0. The summed E-state index contributed by atoms with van der Waals surface area (Å²) in [4.78, 5) is 25.5. The van der Waals surface area contributed by atoms with Crippen LogP contribution in [0.2, 0.25) is 0 Å². The van der Waals surface area contributed by atoms with Crippen molar-refractivity contribution in [2.24, 2.45) is 28.6 Å². The zero-order valence-corrected chi connectivity index (χ0v) is 12.3. The van der Waals surface area contributed by atoms with E-state index in [9.17, 15) is 9.59 Å². The van der Waals surface area contributed by atoms with Gasteiger partial charge >= 0.3 is 5.97 Å². The lowest BCUT2D eigenvalue weighted by molar-refractivity contribution is -0.220. The molecule has 2 aliphatic heterocycles. The molecule has 0 radical (unpaired) electrons. The number of esters is 1. The number of ketones is 1. The second-order valence-corrected chi connectivity index (χ2v) is 7.95. The maximum absolute atomic E-state index is 12.8. The van der Waals surface area contributed by atoms with Gasteiger partial charge in [0.1, 0.15) is 11.5 Å². The summed E-state index contributed by atoms with van der Waals surface area (Å²) in [6.45, 7) is 1.48. The Balaban J connectivity index is 1.68. The van der Waals surface area contributed by atoms with Crippen molar-refractivity contribution in [2.75, 3.05) is 13.2 Å². The van der Waals surface area contributed by atoms with E-state index < -0.39 is 5.41 Å². The molecular formula is C17H22O4. The molecule has 2 spiro atoms. The van der Waals surface area contributed by atoms with E-state index in [4.69, 9.17) is 9.47 Å². The number of ether oxygens (including phenoxy) is 2. The normalized spacial score (nSPS) is 54.7. The Kier molecular flexibility index (Phi) is 2.34. The van der Waals surface area contributed by atoms with Crippen molar-refractivity contribution in [2.45, 2.75) is 51.0 Å². The highest BCUT2D eigenvalue weighted by Gasteiger charge is 2.73. The van der Waals surface area contributed by atoms with Gasteiger partial charge in [-0.25, -0.2) is 0 Å². The van der Waals surface area contributed by atoms with Crippen molar-refractivity contribution in [3.63, 3.8) is 0 Å². The molecule has 2 saturated heterocycles. The maximum Gasteiger partial charge on any atom is 0.320 e. The highest BCUT2D eigenvalue weighted by molar-refractivity contribution is 6.06. The minimum atomic E-state index is -0.803. The van der Waals surface area contributed by atoms with Crippen LogP contribution in [0.4, 0.5) is 0 Å². The van der Waals surface area contributed by atoms with Gasteiger partial charge in [0.2, 0.25) is 0 Å². The first-order valence-corrected chi connectivity index (χ1v) is 8.50. The van der Waals surface area contributed by atoms with E-state index in [1.165, 1.54) is 0 Å². The fraction of sp³-hybridized carbons (Fsp3) is 0.882. The monoisotopic (exact) mass is 290 g/mol. The number of carbonyl (C=O) groups excluding carboxylic acids is 2. The van der Waals surface area contributed by atoms with Crippen molar-refractivity contribution in [3.05, 3.63) is 0 Å². The standard InChI is InChI=1S/C17H22O4/c18-13-6-10-4-5-12-16(13,7-10)15(19)21-14-3-1-2-11-8-20-9-17(11,12)14/h10-12,14H,1-9H2. The van der Waals surface area contributed by atoms with E-state index >= 15 is 0 Å². The Bertz CT molecular complexity index is 529. The molecule has 6 atom stereocenters. The molecule has 4 heteroatoms. The predicted octanol–water partition coefficient (Wildman–Crippen LogP) is 2.10. The smallest absolute Gasteiger partial charge is 0.320 e. The molecule has 114 valence electrons. The molecule has 21 heavy (non-hydrogen) atoms. The molecule has 0 aromatic heterocycles. The van der Waals surface area contributed by atoms with Gasteiger partial charge in [0.15, 0.2) is 5.78 Å². The van der Waals surface area contributed by atoms with E-state index in [1.54, 1.807) is 0 Å². The predicted molar refractivity (Wildman–Crippen MR) is 73.4 cm³/mol. The average Bonchev–Trinajstić information content (AvgIpc) is 3.00. The van der Waals surface area contributed by atoms with Crippen LogP contribution in [-0.4, -0.2) is 31.1 Å². The Hall–Kier alpha value is -0.900. The highest BCUT2D eigenvalue weighted by Crippen LogP contribution is 2.67. The first-order valence-electron chi connectivity index (χ1n) is 8.50. The SMILES string of the molecule is O=C1CC2CCC3C1(C2)C(=O)OC1CCCC2COCC213. The minimum Gasteiger partial charge on any atom is -0.461 e. The molecular weight excluding hydrogens is 268 g/mol. The molecule has 0 N–H and O–H groups in total. The van der Waals surface area contributed by atoms with E-state index in [2.05, 4.69) is 0 Å². The van der Waals surface area contributed by atoms with Gasteiger partial charge in [-0.15, -0.1) is 0 Å². The second-order valence-electron chi connectivity index (χ2n) is 7.95. The molecule has 2 bridgehead atoms. The van der Waals surface area contributed by atoms with Crippen molar-refractivity contribution in [3.8, 4) is 0 Å². The van der Waals surface area contributed by atoms with Crippen molar-refractivity contribution >= 4 is 11.8 Å². The third-order valence-corrected chi connectivity index (χ3v) is 7.35. The van der Waals surface area contributed by atoms with Crippen molar-refractivity contribution in [1.82, 2.24) is 0 Å². The molecule has 5 aliphatic rings. The summed E-state index contributed by atoms with van der Waals surface area (Å²) >= 11 is 0. The third-order valence-electron chi connectivity index (χ3n) is 7.35. The molecule has 5 rings (SSSR count). The summed E-state index contributed by atoms with van der Waals surface area (Å²) in [5.41, 5.74) is -0.861. The molecule has 3 saturated carbocycles. The highest BCUT2D eigenvalue weighted by atomic mass is 16.6. The number of fused-ring (bicyclic) bond motifs is 1. The Labute approximate surface area is 124 Å². The lowest BCUT2D eigenvalue weighted by Gasteiger charge is -2.58.